The lowest BCUT2D eigenvalue weighted by molar-refractivity contribution is -0.129. The lowest BCUT2D eigenvalue weighted by Gasteiger charge is -2.32. The maximum absolute atomic E-state index is 12.4. The number of benzene rings is 1. The highest BCUT2D eigenvalue weighted by Gasteiger charge is 2.28. The van der Waals surface area contributed by atoms with Gasteiger partial charge in [-0.25, -0.2) is 4.79 Å². The number of likely N-dealkylation sites (tertiary alicyclic amines) is 1. The molecule has 0 saturated carbocycles. The van der Waals surface area contributed by atoms with E-state index >= 15 is 0 Å². The predicted octanol–water partition coefficient (Wildman–Crippen LogP) is 1.96. The van der Waals surface area contributed by atoms with E-state index in [4.69, 9.17) is 4.42 Å². The number of rotatable bonds is 6. The average Bonchev–Trinajstić information content (AvgIpc) is 3.25. The van der Waals surface area contributed by atoms with Crippen molar-refractivity contribution in [1.29, 1.82) is 0 Å². The molecular formula is C20H24N4O4. The molecular weight excluding hydrogens is 360 g/mol. The van der Waals surface area contributed by atoms with Gasteiger partial charge in [0, 0.05) is 18.8 Å². The highest BCUT2D eigenvalue weighted by molar-refractivity contribution is 5.90. The first kappa shape index (κ1) is 19.5. The summed E-state index contributed by atoms with van der Waals surface area (Å²) in [5.41, 5.74) is 0.715. The number of para-hydroxylation sites is 1. The fraction of sp³-hybridized carbons (Fsp3) is 0.350. The van der Waals surface area contributed by atoms with Gasteiger partial charge in [-0.2, -0.15) is 0 Å². The van der Waals surface area contributed by atoms with Crippen molar-refractivity contribution in [1.82, 2.24) is 15.5 Å². The number of anilines is 1. The molecule has 148 valence electrons. The van der Waals surface area contributed by atoms with Gasteiger partial charge in [0.15, 0.2) is 0 Å². The zero-order valence-corrected chi connectivity index (χ0v) is 15.5. The van der Waals surface area contributed by atoms with Gasteiger partial charge < -0.3 is 25.3 Å². The van der Waals surface area contributed by atoms with Crippen LogP contribution in [0.4, 0.5) is 10.5 Å². The first-order chi connectivity index (χ1) is 13.6. The Labute approximate surface area is 163 Å². The smallest absolute Gasteiger partial charge is 0.321 e. The zero-order chi connectivity index (χ0) is 19.8. The third kappa shape index (κ3) is 5.60. The van der Waals surface area contributed by atoms with Gasteiger partial charge in [-0.05, 0) is 37.1 Å². The van der Waals surface area contributed by atoms with Crippen LogP contribution in [-0.2, 0) is 16.1 Å². The molecule has 1 saturated heterocycles. The largest absolute Gasteiger partial charge is 0.467 e. The summed E-state index contributed by atoms with van der Waals surface area (Å²) in [7, 11) is 0. The van der Waals surface area contributed by atoms with Gasteiger partial charge in [0.25, 0.3) is 0 Å². The second kappa shape index (κ2) is 9.59. The van der Waals surface area contributed by atoms with Crippen molar-refractivity contribution in [2.24, 2.45) is 5.92 Å². The number of furan rings is 1. The number of amides is 4. The number of carbonyl (C=O) groups excluding carboxylic acids is 3. The third-order valence-electron chi connectivity index (χ3n) is 4.57. The molecule has 0 unspecified atom stereocenters. The number of nitrogens with one attached hydrogen (secondary N) is 3. The summed E-state index contributed by atoms with van der Waals surface area (Å²) in [5, 5.41) is 8.16. The Bertz CT molecular complexity index is 792. The summed E-state index contributed by atoms with van der Waals surface area (Å²) in [4.78, 5) is 38.3. The molecule has 1 aliphatic heterocycles. The normalized spacial score (nSPS) is 16.3. The maximum Gasteiger partial charge on any atom is 0.321 e. The Balaban J connectivity index is 1.42. The second-order valence-corrected chi connectivity index (χ2v) is 6.66. The number of hydrogen-bond acceptors (Lipinski definition) is 4. The van der Waals surface area contributed by atoms with E-state index < -0.39 is 0 Å². The van der Waals surface area contributed by atoms with Crippen molar-refractivity contribution in [2.75, 3.05) is 25.0 Å². The molecule has 2 aromatic rings. The maximum atomic E-state index is 12.4. The van der Waals surface area contributed by atoms with Gasteiger partial charge in [-0.1, -0.05) is 18.2 Å². The van der Waals surface area contributed by atoms with Crippen LogP contribution >= 0.6 is 0 Å². The molecule has 3 N–H and O–H groups in total. The molecule has 0 bridgehead atoms. The van der Waals surface area contributed by atoms with Crippen molar-refractivity contribution < 1.29 is 18.8 Å². The van der Waals surface area contributed by atoms with Gasteiger partial charge in [-0.15, -0.1) is 0 Å². The molecule has 1 aliphatic rings. The molecule has 0 spiro atoms. The van der Waals surface area contributed by atoms with Crippen LogP contribution in [0.2, 0.25) is 0 Å². The molecule has 8 nitrogen and oxygen atoms in total. The van der Waals surface area contributed by atoms with Crippen LogP contribution in [0.1, 0.15) is 18.6 Å². The van der Waals surface area contributed by atoms with Crippen LogP contribution in [0.15, 0.2) is 53.1 Å². The first-order valence-electron chi connectivity index (χ1n) is 9.29. The number of hydrogen-bond donors (Lipinski definition) is 3. The van der Waals surface area contributed by atoms with E-state index in [1.807, 2.05) is 30.3 Å². The molecule has 0 radical (unpaired) electrons. The van der Waals surface area contributed by atoms with E-state index in [-0.39, 0.29) is 36.9 Å². The molecule has 4 amide bonds. The summed E-state index contributed by atoms with van der Waals surface area (Å²) in [6.07, 6.45) is 2.96. The van der Waals surface area contributed by atoms with Crippen LogP contribution in [-0.4, -0.2) is 42.4 Å². The van der Waals surface area contributed by atoms with Crippen molar-refractivity contribution in [3.8, 4) is 0 Å². The Morgan fingerprint density at radius 1 is 1.07 bits per heavy atom. The Morgan fingerprint density at radius 3 is 2.64 bits per heavy atom. The van der Waals surface area contributed by atoms with E-state index in [9.17, 15) is 14.4 Å². The average molecular weight is 384 g/mol. The molecule has 0 aliphatic carbocycles. The van der Waals surface area contributed by atoms with Crippen molar-refractivity contribution in [3.63, 3.8) is 0 Å². The van der Waals surface area contributed by atoms with Crippen LogP contribution in [0.3, 0.4) is 0 Å². The molecule has 1 fully saturated rings. The monoisotopic (exact) mass is 384 g/mol. The van der Waals surface area contributed by atoms with Crippen LogP contribution in [0.5, 0.6) is 0 Å². The summed E-state index contributed by atoms with van der Waals surface area (Å²) in [6, 6.07) is 12.5. The van der Waals surface area contributed by atoms with E-state index in [0.717, 1.165) is 6.42 Å². The van der Waals surface area contributed by atoms with E-state index in [0.29, 0.717) is 31.0 Å². The molecule has 3 rings (SSSR count). The van der Waals surface area contributed by atoms with Crippen molar-refractivity contribution in [3.05, 3.63) is 54.5 Å². The summed E-state index contributed by atoms with van der Waals surface area (Å²) in [5.74, 6) is -0.190. The SMILES string of the molecule is O=C(CNC(=O)[C@@H]1CCCN(C(=O)Nc2ccccc2)C1)NCc1ccco1. The fourth-order valence-corrected chi connectivity index (χ4v) is 3.07. The topological polar surface area (TPSA) is 104 Å². The summed E-state index contributed by atoms with van der Waals surface area (Å²) in [6.45, 7) is 1.11. The highest BCUT2D eigenvalue weighted by Crippen LogP contribution is 2.18. The van der Waals surface area contributed by atoms with Gasteiger partial charge in [0.05, 0.1) is 25.3 Å². The van der Waals surface area contributed by atoms with Gasteiger partial charge in [0.1, 0.15) is 5.76 Å². The predicted molar refractivity (Wildman–Crippen MR) is 103 cm³/mol. The molecule has 1 aromatic heterocycles. The minimum absolute atomic E-state index is 0.105. The van der Waals surface area contributed by atoms with Crippen LogP contribution in [0, 0.1) is 5.92 Å². The minimum atomic E-state index is -0.326. The lowest BCUT2D eigenvalue weighted by atomic mass is 9.97. The number of nitrogens with zero attached hydrogens (tertiary/aromatic N) is 1. The zero-order valence-electron chi connectivity index (χ0n) is 15.5. The second-order valence-electron chi connectivity index (χ2n) is 6.66. The van der Waals surface area contributed by atoms with Crippen molar-refractivity contribution >= 4 is 23.5 Å². The first-order valence-corrected chi connectivity index (χ1v) is 9.29. The molecule has 1 aromatic carbocycles. The van der Waals surface area contributed by atoms with E-state index in [2.05, 4.69) is 16.0 Å². The van der Waals surface area contributed by atoms with Crippen LogP contribution in [0.25, 0.3) is 0 Å². The fourth-order valence-electron chi connectivity index (χ4n) is 3.07. The summed E-state index contributed by atoms with van der Waals surface area (Å²) >= 11 is 0. The standard InChI is InChI=1S/C20H24N4O4/c25-18(21-12-17-9-5-11-28-17)13-22-19(26)15-6-4-10-24(14-15)20(27)23-16-7-2-1-3-8-16/h1-3,5,7-9,11,15H,4,6,10,12-14H2,(H,21,25)(H,22,26)(H,23,27)/t15-/m1/s1. The van der Waals surface area contributed by atoms with Gasteiger partial charge in [-0.3, -0.25) is 9.59 Å². The minimum Gasteiger partial charge on any atom is -0.467 e. The lowest BCUT2D eigenvalue weighted by Crippen LogP contribution is -2.48. The number of piperidine rings is 1. The van der Waals surface area contributed by atoms with E-state index in [1.54, 1.807) is 17.0 Å². The van der Waals surface area contributed by atoms with E-state index in [1.165, 1.54) is 6.26 Å². The molecule has 28 heavy (non-hydrogen) atoms. The van der Waals surface area contributed by atoms with Gasteiger partial charge >= 0.3 is 6.03 Å². The molecule has 2 heterocycles. The number of urea groups is 1. The van der Waals surface area contributed by atoms with Gasteiger partial charge in [0.2, 0.25) is 11.8 Å². The Morgan fingerprint density at radius 2 is 1.89 bits per heavy atom. The summed E-state index contributed by atoms with van der Waals surface area (Å²) < 4.78 is 5.14. The van der Waals surface area contributed by atoms with Crippen LogP contribution < -0.4 is 16.0 Å². The quantitative estimate of drug-likeness (QED) is 0.708. The highest BCUT2D eigenvalue weighted by atomic mass is 16.3. The molecule has 8 heteroatoms. The Kier molecular flexibility index (Phi) is 6.67. The Hall–Kier alpha value is -3.29. The number of carbonyl (C=O) groups is 3. The van der Waals surface area contributed by atoms with Crippen molar-refractivity contribution in [2.45, 2.75) is 19.4 Å². The molecule has 1 atom stereocenters. The third-order valence-corrected chi connectivity index (χ3v) is 4.57.